The number of aliphatic hydroxyl groups is 1. The van der Waals surface area contributed by atoms with Gasteiger partial charge in [0.15, 0.2) is 11.3 Å². The molecule has 1 saturated heterocycles. The van der Waals surface area contributed by atoms with Crippen LogP contribution >= 0.6 is 0 Å². The van der Waals surface area contributed by atoms with Crippen molar-refractivity contribution >= 4 is 46.5 Å². The van der Waals surface area contributed by atoms with E-state index in [1.165, 1.54) is 29.8 Å². The molecule has 3 aromatic heterocycles. The van der Waals surface area contributed by atoms with Gasteiger partial charge in [-0.2, -0.15) is 10.2 Å². The van der Waals surface area contributed by atoms with Crippen molar-refractivity contribution in [3.8, 4) is 0 Å². The summed E-state index contributed by atoms with van der Waals surface area (Å²) in [4.78, 5) is 60.2. The summed E-state index contributed by atoms with van der Waals surface area (Å²) in [6, 6.07) is 6.64. The first kappa shape index (κ1) is 39.9. The summed E-state index contributed by atoms with van der Waals surface area (Å²) >= 11 is 0. The predicted molar refractivity (Wildman–Crippen MR) is 217 cm³/mol. The second-order valence-corrected chi connectivity index (χ2v) is 17.2. The Bertz CT molecular complexity index is 2280. The highest BCUT2D eigenvalue weighted by Gasteiger charge is 2.45. The first-order valence-corrected chi connectivity index (χ1v) is 21.2. The number of rotatable bonds is 13. The fourth-order valence-corrected chi connectivity index (χ4v) is 9.53. The number of fused-ring (bicyclic) bond motifs is 2. The third-order valence-electron chi connectivity index (χ3n) is 13.1. The molecule has 1 aromatic carbocycles. The maximum absolute atomic E-state index is 14.2. The van der Waals surface area contributed by atoms with Crippen LogP contribution in [-0.4, -0.2) is 107 Å². The molecule has 5 aliphatic rings. The summed E-state index contributed by atoms with van der Waals surface area (Å²) < 4.78 is 31.6. The highest BCUT2D eigenvalue weighted by atomic mass is 19.3. The SMILES string of the molecule is CN(C[C@H]1CC[C@H](n2cc(NC(=O)c3cnn4ccc(NCC5CC5)nc34)c(C(F)F)n2)CC1)[C@H]1CC[C@H](Nc2cccc3c2C(=O)N(C2CCC(=O)NC2O)C3=O)CC1. The molecule has 9 rings (SSSR count). The van der Waals surface area contributed by atoms with E-state index >= 15 is 0 Å². The van der Waals surface area contributed by atoms with Gasteiger partial charge in [-0.05, 0) is 108 Å². The van der Waals surface area contributed by atoms with Gasteiger partial charge in [0.05, 0.1) is 35.1 Å². The van der Waals surface area contributed by atoms with Crippen molar-refractivity contribution in [3.05, 3.63) is 65.2 Å². The molecular weight excluding hydrogens is 777 g/mol. The van der Waals surface area contributed by atoms with Crippen LogP contribution in [0.5, 0.6) is 0 Å². The molecule has 318 valence electrons. The molecule has 3 aliphatic carbocycles. The molecular formula is C42H51F2N11O5. The van der Waals surface area contributed by atoms with Crippen molar-refractivity contribution < 1.29 is 33.1 Å². The summed E-state index contributed by atoms with van der Waals surface area (Å²) in [5, 5.41) is 30.9. The number of aliphatic hydroxyl groups excluding tert-OH is 1. The second kappa shape index (κ2) is 16.5. The highest BCUT2D eigenvalue weighted by Crippen LogP contribution is 2.38. The van der Waals surface area contributed by atoms with E-state index in [9.17, 15) is 33.1 Å². The van der Waals surface area contributed by atoms with Crippen LogP contribution in [0.2, 0.25) is 0 Å². The van der Waals surface area contributed by atoms with Crippen LogP contribution in [0.4, 0.5) is 26.0 Å². The number of aromatic nitrogens is 5. The van der Waals surface area contributed by atoms with Crippen molar-refractivity contribution in [1.82, 2.24) is 39.5 Å². The summed E-state index contributed by atoms with van der Waals surface area (Å²) in [7, 11) is 2.16. The standard InChI is InChI=1S/C42H51F2N11O5/c1-52(26-13-9-25(10-14-26)47-30-4-2-3-28-35(30)42(60)55(41(28)59)32-15-16-34(56)50-40(32)58)21-24-7-11-27(12-8-24)54-22-31(36(51-54)37(43)44)48-39(57)29-20-46-53-18-17-33(49-38(29)53)45-19-23-5-6-23/h2-4,17-18,20,22-27,32,37,40,47,58H,5-16,19,21H2,1H3,(H,45,49)(H,48,57)(H,50,56)/t24-,25-,26-,27-,32?,40?. The quantitative estimate of drug-likeness (QED) is 0.111. The monoisotopic (exact) mass is 827 g/mol. The Morgan fingerprint density at radius 2 is 1.73 bits per heavy atom. The van der Waals surface area contributed by atoms with Gasteiger partial charge in [0.1, 0.15) is 17.6 Å². The number of nitrogens with one attached hydrogen (secondary N) is 4. The molecule has 0 spiro atoms. The van der Waals surface area contributed by atoms with Crippen molar-refractivity contribution in [2.75, 3.05) is 36.1 Å². The van der Waals surface area contributed by atoms with Crippen LogP contribution in [0.25, 0.3) is 5.65 Å². The van der Waals surface area contributed by atoms with Crippen molar-refractivity contribution in [2.45, 2.75) is 114 Å². The number of carbonyl (C=O) groups is 4. The van der Waals surface area contributed by atoms with E-state index in [4.69, 9.17) is 0 Å². The van der Waals surface area contributed by atoms with Gasteiger partial charge < -0.3 is 31.3 Å². The van der Waals surface area contributed by atoms with Gasteiger partial charge >= 0.3 is 0 Å². The molecule has 4 aromatic rings. The molecule has 5 heterocycles. The van der Waals surface area contributed by atoms with Crippen molar-refractivity contribution in [3.63, 3.8) is 0 Å². The zero-order chi connectivity index (χ0) is 41.7. The second-order valence-electron chi connectivity index (χ2n) is 17.2. The first-order valence-electron chi connectivity index (χ1n) is 21.2. The van der Waals surface area contributed by atoms with E-state index in [0.717, 1.165) is 69.4 Å². The molecule has 2 aliphatic heterocycles. The summed E-state index contributed by atoms with van der Waals surface area (Å²) in [5.41, 5.74) is 1.27. The molecule has 4 amide bonds. The summed E-state index contributed by atoms with van der Waals surface area (Å²) in [6.07, 6.45) is 10.3. The third-order valence-corrected chi connectivity index (χ3v) is 13.1. The number of carbonyl (C=O) groups excluding carboxylic acids is 4. The van der Waals surface area contributed by atoms with Crippen molar-refractivity contribution in [2.24, 2.45) is 11.8 Å². The normalized spacial score (nSPS) is 25.8. The van der Waals surface area contributed by atoms with Gasteiger partial charge in [-0.15, -0.1) is 0 Å². The third kappa shape index (κ3) is 8.06. The van der Waals surface area contributed by atoms with Crippen molar-refractivity contribution in [1.29, 1.82) is 0 Å². The topological polar surface area (TPSA) is 191 Å². The zero-order valence-electron chi connectivity index (χ0n) is 33.5. The van der Waals surface area contributed by atoms with Gasteiger partial charge in [0.2, 0.25) is 5.91 Å². The number of imide groups is 1. The molecule has 0 bridgehead atoms. The zero-order valence-corrected chi connectivity index (χ0v) is 33.5. The number of halogens is 2. The number of benzene rings is 1. The minimum atomic E-state index is -2.87. The Labute approximate surface area is 345 Å². The van der Waals surface area contributed by atoms with E-state index in [1.807, 2.05) is 6.07 Å². The van der Waals surface area contributed by atoms with E-state index in [-0.39, 0.29) is 42.1 Å². The Balaban J connectivity index is 0.761. The average molecular weight is 828 g/mol. The van der Waals surface area contributed by atoms with Crippen LogP contribution in [0, 0.1) is 11.8 Å². The molecule has 0 radical (unpaired) electrons. The smallest absolute Gasteiger partial charge is 0.284 e. The van der Waals surface area contributed by atoms with Gasteiger partial charge in [0, 0.05) is 49.7 Å². The molecule has 18 heteroatoms. The minimum Gasteiger partial charge on any atom is -0.382 e. The Kier molecular flexibility index (Phi) is 11.0. The van der Waals surface area contributed by atoms with Gasteiger partial charge in [-0.1, -0.05) is 6.07 Å². The maximum Gasteiger partial charge on any atom is 0.284 e. The van der Waals surface area contributed by atoms with Gasteiger partial charge in [0.25, 0.3) is 24.1 Å². The number of hydrogen-bond acceptors (Lipinski definition) is 11. The number of amides is 4. The van der Waals surface area contributed by atoms with E-state index in [1.54, 1.807) is 29.1 Å². The molecule has 60 heavy (non-hydrogen) atoms. The first-order chi connectivity index (χ1) is 29.0. The number of hydrogen-bond donors (Lipinski definition) is 5. The average Bonchev–Trinajstić information content (AvgIpc) is 3.73. The van der Waals surface area contributed by atoms with Crippen LogP contribution in [0.15, 0.2) is 42.9 Å². The molecule has 3 saturated carbocycles. The molecule has 16 nitrogen and oxygen atoms in total. The minimum absolute atomic E-state index is 0.0152. The fourth-order valence-electron chi connectivity index (χ4n) is 9.53. The Morgan fingerprint density at radius 3 is 2.47 bits per heavy atom. The Morgan fingerprint density at radius 1 is 0.967 bits per heavy atom. The lowest BCUT2D eigenvalue weighted by molar-refractivity contribution is -0.129. The lowest BCUT2D eigenvalue weighted by atomic mass is 9.84. The Hall–Kier alpha value is -5.49. The number of piperidine rings is 1. The molecule has 2 unspecified atom stereocenters. The molecule has 2 atom stereocenters. The predicted octanol–water partition coefficient (Wildman–Crippen LogP) is 5.22. The van der Waals surface area contributed by atoms with Gasteiger partial charge in [-0.3, -0.25) is 28.8 Å². The van der Waals surface area contributed by atoms with Crippen LogP contribution < -0.4 is 21.3 Å². The lowest BCUT2D eigenvalue weighted by Crippen LogP contribution is -2.57. The van der Waals surface area contributed by atoms with Crippen LogP contribution in [0.3, 0.4) is 0 Å². The summed E-state index contributed by atoms with van der Waals surface area (Å²) in [6.45, 7) is 1.73. The summed E-state index contributed by atoms with van der Waals surface area (Å²) in [5.74, 6) is -0.0912. The van der Waals surface area contributed by atoms with E-state index in [2.05, 4.69) is 48.4 Å². The highest BCUT2D eigenvalue weighted by molar-refractivity contribution is 6.24. The lowest BCUT2D eigenvalue weighted by Gasteiger charge is -2.38. The fraction of sp³-hybridized carbons (Fsp3) is 0.548. The van der Waals surface area contributed by atoms with E-state index in [0.29, 0.717) is 46.2 Å². The number of alkyl halides is 2. The molecule has 5 N–H and O–H groups in total. The van der Waals surface area contributed by atoms with Gasteiger partial charge in [-0.25, -0.2) is 18.3 Å². The largest absolute Gasteiger partial charge is 0.382 e. The maximum atomic E-state index is 14.2. The van der Waals surface area contributed by atoms with Crippen LogP contribution in [0.1, 0.15) is 126 Å². The van der Waals surface area contributed by atoms with E-state index < -0.39 is 42.1 Å². The number of anilines is 3. The van der Waals surface area contributed by atoms with Crippen LogP contribution in [-0.2, 0) is 4.79 Å². The molecule has 4 fully saturated rings. The number of nitrogens with zero attached hydrogens (tertiary/aromatic N) is 7.